The van der Waals surface area contributed by atoms with Crippen molar-refractivity contribution in [3.63, 3.8) is 0 Å². The number of sulfone groups is 1. The highest BCUT2D eigenvalue weighted by atomic mass is 79.9. The number of hydrogen-bond donors (Lipinski definition) is 0. The summed E-state index contributed by atoms with van der Waals surface area (Å²) in [7, 11) is -3.40. The molecule has 21 heavy (non-hydrogen) atoms. The van der Waals surface area contributed by atoms with Crippen LogP contribution in [0.4, 0.5) is 0 Å². The largest absolute Gasteiger partial charge is 0.218 e. The van der Waals surface area contributed by atoms with Crippen LogP contribution in [0.15, 0.2) is 49.3 Å². The van der Waals surface area contributed by atoms with E-state index in [1.54, 1.807) is 24.3 Å². The summed E-state index contributed by atoms with van der Waals surface area (Å²) in [5.41, 5.74) is 0.937. The zero-order valence-electron chi connectivity index (χ0n) is 12.0. The minimum Gasteiger partial charge on any atom is -0.218 e. The van der Waals surface area contributed by atoms with E-state index < -0.39 is 9.84 Å². The molecule has 0 spiro atoms. The summed E-state index contributed by atoms with van der Waals surface area (Å²) in [6.07, 6.45) is 5.39. The van der Waals surface area contributed by atoms with E-state index in [1.807, 2.05) is 12.1 Å². The van der Waals surface area contributed by atoms with Gasteiger partial charge in [-0.3, -0.25) is 0 Å². The molecule has 0 bridgehead atoms. The molecule has 1 aromatic heterocycles. The first-order chi connectivity index (χ1) is 10.1. The maximum absolute atomic E-state index is 12.7. The lowest BCUT2D eigenvalue weighted by Gasteiger charge is -2.05. The van der Waals surface area contributed by atoms with Crippen LogP contribution in [0.5, 0.6) is 0 Å². The second-order valence-corrected chi connectivity index (χ2v) is 9.57. The first kappa shape index (κ1) is 16.7. The Kier molecular flexibility index (Phi) is 6.02. The van der Waals surface area contributed by atoms with E-state index in [-0.39, 0.29) is 0 Å². The zero-order valence-corrected chi connectivity index (χ0v) is 15.2. The third-order valence-corrected chi connectivity index (χ3v) is 7.36. The fourth-order valence-electron chi connectivity index (χ4n) is 2.23. The number of halogens is 1. The van der Waals surface area contributed by atoms with Gasteiger partial charge >= 0.3 is 0 Å². The first-order valence-electron chi connectivity index (χ1n) is 7.14. The Labute approximate surface area is 139 Å². The third kappa shape index (κ3) is 4.18. The number of hydrogen-bond acceptors (Lipinski definition) is 3. The van der Waals surface area contributed by atoms with Crippen molar-refractivity contribution in [2.24, 2.45) is 0 Å². The van der Waals surface area contributed by atoms with Gasteiger partial charge in [0.15, 0.2) is 0 Å². The maximum Gasteiger partial charge on any atom is 0.216 e. The monoisotopic (exact) mass is 386 g/mol. The number of rotatable bonds is 7. The second-order valence-electron chi connectivity index (χ2n) is 4.99. The van der Waals surface area contributed by atoms with Crippen molar-refractivity contribution < 1.29 is 8.42 Å². The molecule has 0 N–H and O–H groups in total. The maximum atomic E-state index is 12.7. The van der Waals surface area contributed by atoms with Gasteiger partial charge in [0.2, 0.25) is 9.84 Å². The van der Waals surface area contributed by atoms with Gasteiger partial charge in [0, 0.05) is 0 Å². The van der Waals surface area contributed by atoms with Crippen molar-refractivity contribution in [2.45, 2.75) is 48.1 Å². The van der Waals surface area contributed by atoms with Crippen LogP contribution in [0.2, 0.25) is 0 Å². The van der Waals surface area contributed by atoms with E-state index in [9.17, 15) is 8.42 Å². The van der Waals surface area contributed by atoms with Crippen LogP contribution < -0.4 is 0 Å². The van der Waals surface area contributed by atoms with Gasteiger partial charge in [-0.2, -0.15) is 0 Å². The quantitative estimate of drug-likeness (QED) is 0.591. The van der Waals surface area contributed by atoms with E-state index in [0.717, 1.165) is 28.6 Å². The Morgan fingerprint density at radius 3 is 2.48 bits per heavy atom. The number of benzene rings is 1. The number of aryl methyl sites for hydroxylation is 1. The van der Waals surface area contributed by atoms with Crippen molar-refractivity contribution in [1.82, 2.24) is 0 Å². The van der Waals surface area contributed by atoms with Gasteiger partial charge in [0.05, 0.1) is 8.68 Å². The molecule has 2 rings (SSSR count). The standard InChI is InChI=1S/C16H19BrO2S2/c1-2-3-4-6-9-13-12-15(17)20-16(13)21(18,19)14-10-7-5-8-11-14/h5,7-8,10-12H,2-4,6,9H2,1H3. The predicted molar refractivity (Wildman–Crippen MR) is 91.8 cm³/mol. The van der Waals surface area contributed by atoms with Crippen LogP contribution in [0.25, 0.3) is 0 Å². The van der Waals surface area contributed by atoms with Crippen molar-refractivity contribution >= 4 is 37.1 Å². The molecule has 114 valence electrons. The van der Waals surface area contributed by atoms with Crippen LogP contribution in [-0.2, 0) is 16.3 Å². The van der Waals surface area contributed by atoms with Crippen LogP contribution in [0.1, 0.15) is 38.2 Å². The van der Waals surface area contributed by atoms with Crippen molar-refractivity contribution in [2.75, 3.05) is 0 Å². The van der Waals surface area contributed by atoms with Crippen LogP contribution >= 0.6 is 27.3 Å². The highest BCUT2D eigenvalue weighted by Gasteiger charge is 2.23. The zero-order chi connectivity index (χ0) is 15.3. The van der Waals surface area contributed by atoms with Crippen LogP contribution in [0, 0.1) is 0 Å². The van der Waals surface area contributed by atoms with Crippen molar-refractivity contribution in [1.29, 1.82) is 0 Å². The summed E-state index contributed by atoms with van der Waals surface area (Å²) in [6, 6.07) is 10.6. The van der Waals surface area contributed by atoms with Crippen molar-refractivity contribution in [3.05, 3.63) is 45.7 Å². The molecule has 2 aromatic rings. The molecule has 5 heteroatoms. The first-order valence-corrected chi connectivity index (χ1v) is 10.2. The summed E-state index contributed by atoms with van der Waals surface area (Å²) < 4.78 is 26.9. The molecule has 0 saturated heterocycles. The van der Waals surface area contributed by atoms with Gasteiger partial charge in [0.1, 0.15) is 4.21 Å². The van der Waals surface area contributed by atoms with E-state index in [4.69, 9.17) is 0 Å². The van der Waals surface area contributed by atoms with Gasteiger partial charge in [-0.15, -0.1) is 11.3 Å². The average molecular weight is 387 g/mol. The predicted octanol–water partition coefficient (Wildman–Crippen LogP) is 5.47. The Hall–Kier alpha value is -0.650. The smallest absolute Gasteiger partial charge is 0.216 e. The summed E-state index contributed by atoms with van der Waals surface area (Å²) >= 11 is 4.73. The molecule has 2 nitrogen and oxygen atoms in total. The summed E-state index contributed by atoms with van der Waals surface area (Å²) in [6.45, 7) is 2.17. The summed E-state index contributed by atoms with van der Waals surface area (Å²) in [5, 5.41) is 0. The molecule has 0 fully saturated rings. The van der Waals surface area contributed by atoms with Crippen LogP contribution in [0.3, 0.4) is 0 Å². The topological polar surface area (TPSA) is 34.1 Å². The molecule has 0 aliphatic carbocycles. The van der Waals surface area contributed by atoms with Crippen LogP contribution in [-0.4, -0.2) is 8.42 Å². The lowest BCUT2D eigenvalue weighted by atomic mass is 10.1. The molecular weight excluding hydrogens is 368 g/mol. The fraction of sp³-hybridized carbons (Fsp3) is 0.375. The molecule has 1 heterocycles. The summed E-state index contributed by atoms with van der Waals surface area (Å²) in [4.78, 5) is 0.370. The molecule has 0 aliphatic rings. The van der Waals surface area contributed by atoms with Crippen molar-refractivity contribution in [3.8, 4) is 0 Å². The Balaban J connectivity index is 2.27. The van der Waals surface area contributed by atoms with Gasteiger partial charge in [-0.1, -0.05) is 44.4 Å². The SMILES string of the molecule is CCCCCCc1cc(Br)sc1S(=O)(=O)c1ccccc1. The third-order valence-electron chi connectivity index (χ3n) is 3.34. The number of unbranched alkanes of at least 4 members (excludes halogenated alkanes) is 3. The molecule has 0 aliphatic heterocycles. The van der Waals surface area contributed by atoms with Gasteiger partial charge in [-0.05, 0) is 52.5 Å². The molecule has 0 amide bonds. The average Bonchev–Trinajstić information content (AvgIpc) is 2.86. The Morgan fingerprint density at radius 1 is 1.10 bits per heavy atom. The number of thiophene rings is 1. The Bertz CT molecular complexity index is 676. The van der Waals surface area contributed by atoms with E-state index >= 15 is 0 Å². The lowest BCUT2D eigenvalue weighted by Crippen LogP contribution is -2.02. The van der Waals surface area contributed by atoms with Gasteiger partial charge < -0.3 is 0 Å². The molecule has 0 unspecified atom stereocenters. The molecular formula is C16H19BrO2S2. The molecule has 0 atom stereocenters. The summed E-state index contributed by atoms with van der Waals surface area (Å²) in [5.74, 6) is 0. The highest BCUT2D eigenvalue weighted by molar-refractivity contribution is 9.11. The van der Waals surface area contributed by atoms with E-state index in [2.05, 4.69) is 22.9 Å². The fourth-order valence-corrected chi connectivity index (χ4v) is 6.22. The minimum absolute atomic E-state index is 0.370. The van der Waals surface area contributed by atoms with E-state index in [1.165, 1.54) is 24.2 Å². The lowest BCUT2D eigenvalue weighted by molar-refractivity contribution is 0.596. The van der Waals surface area contributed by atoms with Gasteiger partial charge in [-0.25, -0.2) is 8.42 Å². The normalized spacial score (nSPS) is 11.7. The van der Waals surface area contributed by atoms with E-state index in [0.29, 0.717) is 9.10 Å². The molecule has 1 aromatic carbocycles. The molecule has 0 radical (unpaired) electrons. The minimum atomic E-state index is -3.40. The highest BCUT2D eigenvalue weighted by Crippen LogP contribution is 2.35. The second kappa shape index (κ2) is 7.56. The Morgan fingerprint density at radius 2 is 1.81 bits per heavy atom. The molecule has 0 saturated carbocycles. The van der Waals surface area contributed by atoms with Gasteiger partial charge in [0.25, 0.3) is 0 Å².